The maximum Gasteiger partial charge on any atom is 0.326 e. The zero-order chi connectivity index (χ0) is 20.7. The van der Waals surface area contributed by atoms with Crippen molar-refractivity contribution >= 4 is 17.6 Å². The summed E-state index contributed by atoms with van der Waals surface area (Å²) >= 11 is 0. The Morgan fingerprint density at radius 1 is 1.07 bits per heavy atom. The predicted molar refractivity (Wildman–Crippen MR) is 108 cm³/mol. The van der Waals surface area contributed by atoms with Crippen LogP contribution in [0.4, 0.5) is 10.5 Å². The maximum absolute atomic E-state index is 12.2. The fraction of sp³-hybridized carbons (Fsp3) is 0.333. The van der Waals surface area contributed by atoms with Crippen molar-refractivity contribution in [3.05, 3.63) is 53.1 Å². The largest absolute Gasteiger partial charge is 0.493 e. The van der Waals surface area contributed by atoms with Crippen LogP contribution in [-0.2, 0) is 11.3 Å². The van der Waals surface area contributed by atoms with Gasteiger partial charge in [0, 0.05) is 5.69 Å². The summed E-state index contributed by atoms with van der Waals surface area (Å²) in [7, 11) is 5.04. The van der Waals surface area contributed by atoms with Crippen LogP contribution in [0.5, 0.6) is 11.5 Å². The number of methoxy groups -OCH3 is 2. The van der Waals surface area contributed by atoms with E-state index in [-0.39, 0.29) is 12.5 Å². The lowest BCUT2D eigenvalue weighted by Gasteiger charge is -2.17. The molecule has 0 saturated heterocycles. The van der Waals surface area contributed by atoms with E-state index in [1.54, 1.807) is 14.2 Å². The molecule has 7 heteroatoms. The topological polar surface area (TPSA) is 81.1 Å². The van der Waals surface area contributed by atoms with Crippen molar-refractivity contribution in [2.24, 2.45) is 0 Å². The Balaban J connectivity index is 1.91. The van der Waals surface area contributed by atoms with Gasteiger partial charge in [-0.15, -0.1) is 0 Å². The van der Waals surface area contributed by atoms with Crippen molar-refractivity contribution in [1.29, 1.82) is 0 Å². The number of ether oxygens (including phenoxy) is 2. The third-order valence-electron chi connectivity index (χ3n) is 4.32. The predicted octanol–water partition coefficient (Wildman–Crippen LogP) is 1.68. The lowest BCUT2D eigenvalue weighted by molar-refractivity contribution is -0.885. The summed E-state index contributed by atoms with van der Waals surface area (Å²) in [5.74, 6) is 0.934. The van der Waals surface area contributed by atoms with E-state index in [2.05, 4.69) is 10.6 Å². The molecule has 0 aliphatic carbocycles. The number of benzene rings is 2. The molecule has 150 valence electrons. The minimum absolute atomic E-state index is 0.140. The molecule has 0 radical (unpaired) electrons. The quantitative estimate of drug-likeness (QED) is 0.676. The average molecular weight is 386 g/mol. The molecule has 0 bridgehead atoms. The number of rotatable bonds is 7. The van der Waals surface area contributed by atoms with E-state index in [1.165, 1.54) is 0 Å². The van der Waals surface area contributed by atoms with E-state index < -0.39 is 6.03 Å². The molecule has 28 heavy (non-hydrogen) atoms. The summed E-state index contributed by atoms with van der Waals surface area (Å²) in [6.45, 7) is 4.58. The second kappa shape index (κ2) is 9.75. The monoisotopic (exact) mass is 386 g/mol. The lowest BCUT2D eigenvalue weighted by Crippen LogP contribution is -3.09. The highest BCUT2D eigenvalue weighted by atomic mass is 16.5. The minimum Gasteiger partial charge on any atom is -0.493 e. The summed E-state index contributed by atoms with van der Waals surface area (Å²) in [5.41, 5.74) is 3.65. The fourth-order valence-electron chi connectivity index (χ4n) is 3.03. The summed E-state index contributed by atoms with van der Waals surface area (Å²) in [5, 5.41) is 5.08. The number of para-hydroxylation sites is 1. The molecule has 0 aliphatic rings. The first kappa shape index (κ1) is 21.2. The number of carbonyl (C=O) groups is 2. The number of hydrogen-bond donors (Lipinski definition) is 3. The molecule has 7 nitrogen and oxygen atoms in total. The van der Waals surface area contributed by atoms with Gasteiger partial charge < -0.3 is 19.7 Å². The van der Waals surface area contributed by atoms with Crippen molar-refractivity contribution in [2.45, 2.75) is 20.4 Å². The molecular formula is C21H28N3O4+. The molecule has 0 aliphatic heterocycles. The van der Waals surface area contributed by atoms with Gasteiger partial charge in [-0.3, -0.25) is 10.1 Å². The highest BCUT2D eigenvalue weighted by Gasteiger charge is 2.17. The van der Waals surface area contributed by atoms with Crippen LogP contribution in [0.1, 0.15) is 16.7 Å². The van der Waals surface area contributed by atoms with Gasteiger partial charge in [0.25, 0.3) is 5.91 Å². The zero-order valence-electron chi connectivity index (χ0n) is 17.0. The van der Waals surface area contributed by atoms with Gasteiger partial charge in [-0.25, -0.2) is 4.79 Å². The molecule has 2 aromatic carbocycles. The van der Waals surface area contributed by atoms with Gasteiger partial charge in [0.2, 0.25) is 0 Å². The highest BCUT2D eigenvalue weighted by molar-refractivity contribution is 6.01. The Bertz CT molecular complexity index is 852. The third kappa shape index (κ3) is 5.72. The number of urea groups is 1. The first-order valence-electron chi connectivity index (χ1n) is 9.03. The van der Waals surface area contributed by atoms with E-state index in [0.29, 0.717) is 23.7 Å². The van der Waals surface area contributed by atoms with Crippen LogP contribution >= 0.6 is 0 Å². The molecule has 1 atom stereocenters. The van der Waals surface area contributed by atoms with Crippen LogP contribution < -0.4 is 25.0 Å². The summed E-state index contributed by atoms with van der Waals surface area (Å²) in [4.78, 5) is 25.2. The fourth-order valence-corrected chi connectivity index (χ4v) is 3.03. The molecule has 3 N–H and O–H groups in total. The number of carbonyl (C=O) groups excluding carboxylic acids is 2. The zero-order valence-corrected chi connectivity index (χ0v) is 17.0. The van der Waals surface area contributed by atoms with Gasteiger partial charge in [0.05, 0.1) is 26.8 Å². The number of quaternary nitrogens is 1. The van der Waals surface area contributed by atoms with Crippen LogP contribution in [0.15, 0.2) is 36.4 Å². The highest BCUT2D eigenvalue weighted by Crippen LogP contribution is 2.29. The Kier molecular flexibility index (Phi) is 7.40. The van der Waals surface area contributed by atoms with Crippen molar-refractivity contribution in [1.82, 2.24) is 5.32 Å². The molecular weight excluding hydrogens is 358 g/mol. The normalized spacial score (nSPS) is 11.5. The second-order valence-corrected chi connectivity index (χ2v) is 6.78. The maximum atomic E-state index is 12.2. The smallest absolute Gasteiger partial charge is 0.326 e. The molecule has 2 aromatic rings. The van der Waals surface area contributed by atoms with Crippen molar-refractivity contribution in [2.75, 3.05) is 33.1 Å². The number of nitrogens with one attached hydrogen (secondary N) is 3. The Labute approximate surface area is 165 Å². The van der Waals surface area contributed by atoms with Crippen LogP contribution in [0.3, 0.4) is 0 Å². The van der Waals surface area contributed by atoms with Gasteiger partial charge in [-0.05, 0) is 37.6 Å². The standard InChI is InChI=1S/C21H27N3O4/c1-14-9-10-17(15(2)11-14)22-21(26)23-19(25)13-24(3)12-16-7-6-8-18(27-4)20(16)28-5/h6-11H,12-13H2,1-5H3,(H2,22,23,25,26)/p+1. The number of aryl methyl sites for hydroxylation is 2. The average Bonchev–Trinajstić information content (AvgIpc) is 2.63. The van der Waals surface area contributed by atoms with E-state index in [9.17, 15) is 9.59 Å². The number of amides is 3. The number of imide groups is 1. The molecule has 0 saturated carbocycles. The second-order valence-electron chi connectivity index (χ2n) is 6.78. The number of likely N-dealkylation sites (N-methyl/N-ethyl adjacent to an activating group) is 1. The first-order chi connectivity index (χ1) is 13.3. The van der Waals surface area contributed by atoms with Crippen LogP contribution in [-0.4, -0.2) is 39.8 Å². The van der Waals surface area contributed by atoms with Gasteiger partial charge >= 0.3 is 6.03 Å². The lowest BCUT2D eigenvalue weighted by atomic mass is 10.1. The third-order valence-corrected chi connectivity index (χ3v) is 4.32. The van der Waals surface area contributed by atoms with E-state index in [0.717, 1.165) is 21.6 Å². The molecule has 1 unspecified atom stereocenters. The van der Waals surface area contributed by atoms with Gasteiger partial charge in [-0.1, -0.05) is 23.8 Å². The molecule has 2 rings (SSSR count). The van der Waals surface area contributed by atoms with Gasteiger partial charge in [0.15, 0.2) is 18.0 Å². The number of hydrogen-bond acceptors (Lipinski definition) is 4. The SMILES string of the molecule is COc1cccc(C[NH+](C)CC(=O)NC(=O)Nc2ccc(C)cc2C)c1OC. The molecule has 0 spiro atoms. The van der Waals surface area contributed by atoms with Gasteiger partial charge in [-0.2, -0.15) is 0 Å². The van der Waals surface area contributed by atoms with E-state index in [1.807, 2.05) is 57.3 Å². The number of anilines is 1. The summed E-state index contributed by atoms with van der Waals surface area (Å²) in [6, 6.07) is 10.8. The summed E-state index contributed by atoms with van der Waals surface area (Å²) in [6.07, 6.45) is 0. The molecule has 0 aromatic heterocycles. The van der Waals surface area contributed by atoms with E-state index >= 15 is 0 Å². The van der Waals surface area contributed by atoms with E-state index in [4.69, 9.17) is 9.47 Å². The van der Waals surface area contributed by atoms with Crippen LogP contribution in [0, 0.1) is 13.8 Å². The van der Waals surface area contributed by atoms with Crippen molar-refractivity contribution < 1.29 is 24.0 Å². The van der Waals surface area contributed by atoms with Crippen molar-refractivity contribution in [3.63, 3.8) is 0 Å². The van der Waals surface area contributed by atoms with Gasteiger partial charge in [0.1, 0.15) is 6.54 Å². The molecule has 0 heterocycles. The van der Waals surface area contributed by atoms with Crippen LogP contribution in [0.25, 0.3) is 0 Å². The van der Waals surface area contributed by atoms with Crippen molar-refractivity contribution in [3.8, 4) is 11.5 Å². The Morgan fingerprint density at radius 2 is 1.82 bits per heavy atom. The Morgan fingerprint density at radius 3 is 2.46 bits per heavy atom. The molecule has 3 amide bonds. The Hall–Kier alpha value is -3.06. The minimum atomic E-state index is -0.538. The molecule has 0 fully saturated rings. The summed E-state index contributed by atoms with van der Waals surface area (Å²) < 4.78 is 10.7. The first-order valence-corrected chi connectivity index (χ1v) is 9.03. The van der Waals surface area contributed by atoms with Crippen LogP contribution in [0.2, 0.25) is 0 Å².